The van der Waals surface area contributed by atoms with Crippen molar-refractivity contribution in [1.82, 2.24) is 9.78 Å². The minimum Gasteiger partial charge on any atom is -0.287 e. The van der Waals surface area contributed by atoms with Crippen LogP contribution < -0.4 is 0 Å². The number of benzene rings is 1. The molecule has 1 aromatic carbocycles. The Kier molecular flexibility index (Phi) is 4.42. The fourth-order valence-corrected chi connectivity index (χ4v) is 2.37. The number of rotatable bonds is 4. The summed E-state index contributed by atoms with van der Waals surface area (Å²) in [5, 5.41) is 4.55. The molecule has 0 aliphatic rings. The average Bonchev–Trinajstić information content (AvgIpc) is 2.74. The smallest absolute Gasteiger partial charge is 0.212 e. The maximum atomic E-state index is 12.5. The summed E-state index contributed by atoms with van der Waals surface area (Å²) in [6.45, 7) is 4.67. The molecule has 5 heteroatoms. The third-order valence-electron chi connectivity index (χ3n) is 2.87. The Bertz CT molecular complexity index is 622. The first-order valence-corrected chi connectivity index (χ1v) is 7.23. The van der Waals surface area contributed by atoms with Gasteiger partial charge in [0.05, 0.1) is 11.2 Å². The number of aromatic nitrogens is 2. The molecule has 2 rings (SSSR count). The van der Waals surface area contributed by atoms with E-state index in [4.69, 9.17) is 11.6 Å². The van der Waals surface area contributed by atoms with Gasteiger partial charge in [-0.15, -0.1) is 0 Å². The van der Waals surface area contributed by atoms with Crippen LogP contribution >= 0.6 is 27.5 Å². The van der Waals surface area contributed by atoms with Gasteiger partial charge >= 0.3 is 0 Å². The lowest BCUT2D eigenvalue weighted by molar-refractivity contribution is 0.102. The quantitative estimate of drug-likeness (QED) is 0.779. The Morgan fingerprint density at radius 2 is 2.21 bits per heavy atom. The molecule has 19 heavy (non-hydrogen) atoms. The van der Waals surface area contributed by atoms with Gasteiger partial charge in [0.1, 0.15) is 5.69 Å². The highest BCUT2D eigenvalue weighted by Crippen LogP contribution is 2.23. The zero-order valence-corrected chi connectivity index (χ0v) is 13.1. The van der Waals surface area contributed by atoms with Gasteiger partial charge in [-0.1, -0.05) is 34.5 Å². The summed E-state index contributed by atoms with van der Waals surface area (Å²) in [6.07, 6.45) is 2.42. The summed E-state index contributed by atoms with van der Waals surface area (Å²) in [6, 6.07) is 5.52. The van der Waals surface area contributed by atoms with E-state index in [0.717, 1.165) is 16.5 Å². The zero-order valence-electron chi connectivity index (χ0n) is 10.8. The SMILES string of the molecule is CCCn1ncc(Cl)c1C(=O)c1ccc(Br)c(C)c1. The molecular formula is C14H14BrClN2O. The highest BCUT2D eigenvalue weighted by molar-refractivity contribution is 9.10. The van der Waals surface area contributed by atoms with Crippen molar-refractivity contribution in [2.75, 3.05) is 0 Å². The van der Waals surface area contributed by atoms with Crippen LogP contribution in [-0.2, 0) is 6.54 Å². The van der Waals surface area contributed by atoms with E-state index in [1.165, 1.54) is 6.20 Å². The molecule has 0 aliphatic carbocycles. The van der Waals surface area contributed by atoms with Gasteiger partial charge in [-0.3, -0.25) is 9.48 Å². The van der Waals surface area contributed by atoms with Crippen LogP contribution in [0.3, 0.4) is 0 Å². The summed E-state index contributed by atoms with van der Waals surface area (Å²) >= 11 is 9.51. The van der Waals surface area contributed by atoms with Crippen LogP contribution in [0.4, 0.5) is 0 Å². The van der Waals surface area contributed by atoms with Gasteiger partial charge in [0.2, 0.25) is 5.78 Å². The molecule has 0 N–H and O–H groups in total. The van der Waals surface area contributed by atoms with Gasteiger partial charge in [0.25, 0.3) is 0 Å². The molecule has 100 valence electrons. The molecule has 0 saturated heterocycles. The molecule has 0 bridgehead atoms. The van der Waals surface area contributed by atoms with Gasteiger partial charge in [-0.25, -0.2) is 0 Å². The van der Waals surface area contributed by atoms with Crippen molar-refractivity contribution >= 4 is 33.3 Å². The monoisotopic (exact) mass is 340 g/mol. The first-order chi connectivity index (χ1) is 9.04. The van der Waals surface area contributed by atoms with Gasteiger partial charge in [-0.05, 0) is 37.1 Å². The summed E-state index contributed by atoms with van der Waals surface area (Å²) in [5.74, 6) is -0.0912. The van der Waals surface area contributed by atoms with Crippen LogP contribution in [0.1, 0.15) is 35.0 Å². The number of halogens is 2. The Labute approximate surface area is 125 Å². The number of nitrogens with zero attached hydrogens (tertiary/aromatic N) is 2. The predicted molar refractivity (Wildman–Crippen MR) is 79.8 cm³/mol. The molecule has 0 spiro atoms. The second kappa shape index (κ2) is 5.88. The van der Waals surface area contributed by atoms with Crippen LogP contribution in [0.25, 0.3) is 0 Å². The molecular weight excluding hydrogens is 328 g/mol. The van der Waals surface area contributed by atoms with Gasteiger partial charge in [-0.2, -0.15) is 5.10 Å². The molecule has 0 atom stereocenters. The lowest BCUT2D eigenvalue weighted by Gasteiger charge is -2.07. The van der Waals surface area contributed by atoms with Crippen molar-refractivity contribution in [3.05, 3.63) is 50.7 Å². The molecule has 1 aromatic heterocycles. The normalized spacial score (nSPS) is 10.7. The molecule has 0 fully saturated rings. The molecule has 0 amide bonds. The Morgan fingerprint density at radius 3 is 2.84 bits per heavy atom. The second-order valence-electron chi connectivity index (χ2n) is 4.36. The second-order valence-corrected chi connectivity index (χ2v) is 5.62. The highest BCUT2D eigenvalue weighted by atomic mass is 79.9. The van der Waals surface area contributed by atoms with E-state index >= 15 is 0 Å². The average molecular weight is 342 g/mol. The molecule has 1 heterocycles. The van der Waals surface area contributed by atoms with E-state index in [1.807, 2.05) is 26.0 Å². The standard InChI is InChI=1S/C14H14BrClN2O/c1-3-6-18-13(12(16)8-17-18)14(19)10-4-5-11(15)9(2)7-10/h4-5,7-8H,3,6H2,1-2H3. The van der Waals surface area contributed by atoms with Crippen LogP contribution in [-0.4, -0.2) is 15.6 Å². The zero-order chi connectivity index (χ0) is 14.0. The van der Waals surface area contributed by atoms with E-state index in [9.17, 15) is 4.79 Å². The molecule has 2 aromatic rings. The van der Waals surface area contributed by atoms with E-state index in [0.29, 0.717) is 22.8 Å². The van der Waals surface area contributed by atoms with Crippen LogP contribution in [0.5, 0.6) is 0 Å². The van der Waals surface area contributed by atoms with Crippen molar-refractivity contribution in [3.8, 4) is 0 Å². The molecule has 3 nitrogen and oxygen atoms in total. The van der Waals surface area contributed by atoms with Crippen molar-refractivity contribution in [3.63, 3.8) is 0 Å². The van der Waals surface area contributed by atoms with Crippen molar-refractivity contribution in [2.24, 2.45) is 0 Å². The van der Waals surface area contributed by atoms with Gasteiger partial charge in [0, 0.05) is 16.6 Å². The highest BCUT2D eigenvalue weighted by Gasteiger charge is 2.19. The first-order valence-electron chi connectivity index (χ1n) is 6.06. The number of carbonyl (C=O) groups is 1. The largest absolute Gasteiger partial charge is 0.287 e. The third kappa shape index (κ3) is 2.90. The maximum absolute atomic E-state index is 12.5. The fourth-order valence-electron chi connectivity index (χ4n) is 1.89. The van der Waals surface area contributed by atoms with Crippen molar-refractivity contribution < 1.29 is 4.79 Å². The summed E-state index contributed by atoms with van der Waals surface area (Å²) < 4.78 is 2.65. The van der Waals surface area contributed by atoms with E-state index in [-0.39, 0.29) is 5.78 Å². The predicted octanol–water partition coefficient (Wildman–Crippen LogP) is 4.25. The number of aryl methyl sites for hydroxylation is 2. The van der Waals surface area contributed by atoms with Crippen LogP contribution in [0.15, 0.2) is 28.9 Å². The Hall–Kier alpha value is -1.13. The molecule has 0 aliphatic heterocycles. The van der Waals surface area contributed by atoms with Crippen molar-refractivity contribution in [2.45, 2.75) is 26.8 Å². The maximum Gasteiger partial charge on any atom is 0.212 e. The molecule has 0 saturated carbocycles. The fraction of sp³-hybridized carbons (Fsp3) is 0.286. The minimum atomic E-state index is -0.0912. The lowest BCUT2D eigenvalue weighted by atomic mass is 10.1. The number of carbonyl (C=O) groups excluding carboxylic acids is 1. The number of hydrogen-bond donors (Lipinski definition) is 0. The number of ketones is 1. The summed E-state index contributed by atoms with van der Waals surface area (Å²) in [7, 11) is 0. The summed E-state index contributed by atoms with van der Waals surface area (Å²) in [4.78, 5) is 12.5. The number of hydrogen-bond acceptors (Lipinski definition) is 2. The first kappa shape index (κ1) is 14.3. The van der Waals surface area contributed by atoms with E-state index in [2.05, 4.69) is 21.0 Å². The van der Waals surface area contributed by atoms with Crippen LogP contribution in [0, 0.1) is 6.92 Å². The topological polar surface area (TPSA) is 34.9 Å². The Morgan fingerprint density at radius 1 is 1.47 bits per heavy atom. The van der Waals surface area contributed by atoms with E-state index < -0.39 is 0 Å². The van der Waals surface area contributed by atoms with E-state index in [1.54, 1.807) is 10.7 Å². The third-order valence-corrected chi connectivity index (χ3v) is 4.03. The summed E-state index contributed by atoms with van der Waals surface area (Å²) in [5.41, 5.74) is 2.11. The van der Waals surface area contributed by atoms with Crippen molar-refractivity contribution in [1.29, 1.82) is 0 Å². The molecule has 0 radical (unpaired) electrons. The lowest BCUT2D eigenvalue weighted by Crippen LogP contribution is -2.12. The van der Waals surface area contributed by atoms with Gasteiger partial charge < -0.3 is 0 Å². The van der Waals surface area contributed by atoms with Crippen LogP contribution in [0.2, 0.25) is 5.02 Å². The molecule has 0 unspecified atom stereocenters. The Balaban J connectivity index is 2.43. The van der Waals surface area contributed by atoms with Gasteiger partial charge in [0.15, 0.2) is 0 Å². The minimum absolute atomic E-state index is 0.0912.